The highest BCUT2D eigenvalue weighted by atomic mass is 16.3. The fourth-order valence-corrected chi connectivity index (χ4v) is 2.28. The molecule has 1 amide bonds. The van der Waals surface area contributed by atoms with E-state index in [1.165, 1.54) is 4.90 Å². The molecule has 4 nitrogen and oxygen atoms in total. The van der Waals surface area contributed by atoms with Crippen LogP contribution in [0.15, 0.2) is 58.7 Å². The first-order valence-corrected chi connectivity index (χ1v) is 6.79. The molecule has 4 heteroatoms. The first kappa shape index (κ1) is 13.4. The summed E-state index contributed by atoms with van der Waals surface area (Å²) in [6.45, 7) is 2.07. The fraction of sp³-hybridized carbons (Fsp3) is 0.176. The van der Waals surface area contributed by atoms with Gasteiger partial charge in [-0.2, -0.15) is 0 Å². The Balaban J connectivity index is 1.79. The first-order valence-electron chi connectivity index (χ1n) is 6.79. The number of nitrogens with zero attached hydrogens (tertiary/aromatic N) is 1. The van der Waals surface area contributed by atoms with Gasteiger partial charge in [0.1, 0.15) is 11.5 Å². The molecule has 0 bridgehead atoms. The number of carbonyl (C=O) groups is 2. The van der Waals surface area contributed by atoms with E-state index in [9.17, 15) is 9.59 Å². The molecule has 0 spiro atoms. The molecule has 0 atom stereocenters. The molecule has 1 aliphatic heterocycles. The molecule has 1 aliphatic rings. The maximum Gasteiger partial charge on any atom is 0.234 e. The van der Waals surface area contributed by atoms with E-state index in [2.05, 4.69) is 0 Å². The van der Waals surface area contributed by atoms with E-state index in [0.717, 1.165) is 11.3 Å². The lowest BCUT2D eigenvalue weighted by atomic mass is 10.1. The fourth-order valence-electron chi connectivity index (χ4n) is 2.28. The molecule has 1 aromatic carbocycles. The van der Waals surface area contributed by atoms with Crippen LogP contribution in [-0.2, 0) is 16.1 Å². The van der Waals surface area contributed by atoms with Crippen molar-refractivity contribution in [3.8, 4) is 11.3 Å². The molecule has 0 fully saturated rings. The Labute approximate surface area is 122 Å². The van der Waals surface area contributed by atoms with Crippen molar-refractivity contribution in [2.75, 3.05) is 0 Å². The number of ketones is 1. The maximum atomic E-state index is 11.9. The lowest BCUT2D eigenvalue weighted by Crippen LogP contribution is -2.32. The third-order valence-electron chi connectivity index (χ3n) is 3.47. The van der Waals surface area contributed by atoms with Gasteiger partial charge >= 0.3 is 0 Å². The number of furan rings is 1. The Morgan fingerprint density at radius 1 is 1.10 bits per heavy atom. The standard InChI is InChI=1S/C17H15NO3/c1-12-10-18(17(20)9-15(12)19)11-14-7-8-16(21-14)13-5-3-2-4-6-13/h2-8,10H,9,11H2,1H3. The van der Waals surface area contributed by atoms with Crippen molar-refractivity contribution in [2.24, 2.45) is 0 Å². The minimum absolute atomic E-state index is 0.0609. The van der Waals surface area contributed by atoms with Gasteiger partial charge in [0.2, 0.25) is 5.91 Å². The molecule has 0 unspecified atom stereocenters. The Hall–Kier alpha value is -2.62. The summed E-state index contributed by atoms with van der Waals surface area (Å²) in [6, 6.07) is 13.5. The maximum absolute atomic E-state index is 11.9. The number of carbonyl (C=O) groups excluding carboxylic acids is 2. The van der Waals surface area contributed by atoms with Crippen LogP contribution in [0.25, 0.3) is 11.3 Å². The Morgan fingerprint density at radius 2 is 1.86 bits per heavy atom. The summed E-state index contributed by atoms with van der Waals surface area (Å²) in [7, 11) is 0. The molecule has 0 N–H and O–H groups in total. The van der Waals surface area contributed by atoms with Gasteiger partial charge in [0.05, 0.1) is 13.0 Å². The van der Waals surface area contributed by atoms with E-state index in [0.29, 0.717) is 17.9 Å². The third kappa shape index (κ3) is 2.79. The quantitative estimate of drug-likeness (QED) is 0.812. The third-order valence-corrected chi connectivity index (χ3v) is 3.47. The largest absolute Gasteiger partial charge is 0.459 e. The first-order chi connectivity index (χ1) is 10.1. The number of hydrogen-bond acceptors (Lipinski definition) is 3. The predicted molar refractivity (Wildman–Crippen MR) is 78.1 cm³/mol. The van der Waals surface area contributed by atoms with Crippen LogP contribution < -0.4 is 0 Å². The lowest BCUT2D eigenvalue weighted by Gasteiger charge is -2.21. The number of hydrogen-bond donors (Lipinski definition) is 0. The number of rotatable bonds is 3. The normalized spacial score (nSPS) is 15.3. The number of allylic oxidation sites excluding steroid dienone is 1. The lowest BCUT2D eigenvalue weighted by molar-refractivity contribution is -0.134. The van der Waals surface area contributed by atoms with Crippen LogP contribution in [0.2, 0.25) is 0 Å². The van der Waals surface area contributed by atoms with Crippen molar-refractivity contribution in [2.45, 2.75) is 19.9 Å². The molecular formula is C17H15NO3. The topological polar surface area (TPSA) is 50.5 Å². The van der Waals surface area contributed by atoms with E-state index in [-0.39, 0.29) is 18.1 Å². The molecule has 106 valence electrons. The number of amides is 1. The minimum Gasteiger partial charge on any atom is -0.459 e. The van der Waals surface area contributed by atoms with Crippen molar-refractivity contribution in [1.82, 2.24) is 4.90 Å². The molecule has 0 saturated carbocycles. The van der Waals surface area contributed by atoms with Crippen LogP contribution in [0.4, 0.5) is 0 Å². The highest BCUT2D eigenvalue weighted by Crippen LogP contribution is 2.23. The van der Waals surface area contributed by atoms with Gasteiger partial charge in [-0.25, -0.2) is 0 Å². The van der Waals surface area contributed by atoms with Crippen molar-refractivity contribution in [1.29, 1.82) is 0 Å². The van der Waals surface area contributed by atoms with Crippen molar-refractivity contribution >= 4 is 11.7 Å². The minimum atomic E-state index is -0.191. The van der Waals surface area contributed by atoms with Gasteiger partial charge < -0.3 is 9.32 Å². The molecule has 0 radical (unpaired) electrons. The highest BCUT2D eigenvalue weighted by molar-refractivity contribution is 6.09. The van der Waals surface area contributed by atoms with Crippen molar-refractivity contribution in [3.63, 3.8) is 0 Å². The summed E-state index contributed by atoms with van der Waals surface area (Å²) < 4.78 is 5.77. The predicted octanol–water partition coefficient (Wildman–Crippen LogP) is 3.15. The molecule has 2 aromatic rings. The second-order valence-electron chi connectivity index (χ2n) is 5.07. The average Bonchev–Trinajstić information content (AvgIpc) is 2.94. The Morgan fingerprint density at radius 3 is 2.62 bits per heavy atom. The van der Waals surface area contributed by atoms with Gasteiger partial charge in [0.15, 0.2) is 5.78 Å². The monoisotopic (exact) mass is 281 g/mol. The Kier molecular flexibility index (Phi) is 3.44. The smallest absolute Gasteiger partial charge is 0.234 e. The zero-order chi connectivity index (χ0) is 14.8. The highest BCUT2D eigenvalue weighted by Gasteiger charge is 2.23. The summed E-state index contributed by atoms with van der Waals surface area (Å²) in [4.78, 5) is 24.8. The van der Waals surface area contributed by atoms with E-state index < -0.39 is 0 Å². The van der Waals surface area contributed by atoms with Crippen LogP contribution in [0.3, 0.4) is 0 Å². The Bertz CT molecular complexity index is 713. The molecule has 21 heavy (non-hydrogen) atoms. The van der Waals surface area contributed by atoms with E-state index in [4.69, 9.17) is 4.42 Å². The van der Waals surface area contributed by atoms with Crippen LogP contribution in [0, 0.1) is 0 Å². The molecule has 0 saturated heterocycles. The summed E-state index contributed by atoms with van der Waals surface area (Å²) in [6.07, 6.45) is 1.54. The number of benzene rings is 1. The summed E-state index contributed by atoms with van der Waals surface area (Å²) in [5.74, 6) is 1.16. The van der Waals surface area contributed by atoms with Gasteiger partial charge in [-0.15, -0.1) is 0 Å². The molecule has 2 heterocycles. The molecule has 0 aliphatic carbocycles. The van der Waals surface area contributed by atoms with Crippen LogP contribution in [-0.4, -0.2) is 16.6 Å². The second kappa shape index (κ2) is 5.40. The van der Waals surface area contributed by atoms with E-state index >= 15 is 0 Å². The molecular weight excluding hydrogens is 266 g/mol. The van der Waals surface area contributed by atoms with Crippen molar-refractivity contribution < 1.29 is 14.0 Å². The van der Waals surface area contributed by atoms with Gasteiger partial charge in [-0.1, -0.05) is 30.3 Å². The summed E-state index contributed by atoms with van der Waals surface area (Å²) in [5, 5.41) is 0. The zero-order valence-corrected chi connectivity index (χ0v) is 11.7. The SMILES string of the molecule is CC1=CN(Cc2ccc(-c3ccccc3)o2)C(=O)CC1=O. The van der Waals surface area contributed by atoms with Gasteiger partial charge in [0.25, 0.3) is 0 Å². The summed E-state index contributed by atoms with van der Waals surface area (Å²) in [5.41, 5.74) is 1.60. The molecule has 3 rings (SSSR count). The average molecular weight is 281 g/mol. The van der Waals surface area contributed by atoms with Crippen LogP contribution in [0.5, 0.6) is 0 Å². The second-order valence-corrected chi connectivity index (χ2v) is 5.07. The van der Waals surface area contributed by atoms with Gasteiger partial charge in [0, 0.05) is 17.3 Å². The van der Waals surface area contributed by atoms with E-state index in [1.807, 2.05) is 42.5 Å². The van der Waals surface area contributed by atoms with E-state index in [1.54, 1.807) is 13.1 Å². The van der Waals surface area contributed by atoms with Crippen LogP contribution >= 0.6 is 0 Å². The number of Topliss-reactive ketones (excluding diaryl/α,β-unsaturated/α-hetero) is 1. The van der Waals surface area contributed by atoms with Crippen LogP contribution in [0.1, 0.15) is 19.1 Å². The van der Waals surface area contributed by atoms with Gasteiger partial charge in [-0.05, 0) is 19.1 Å². The van der Waals surface area contributed by atoms with Gasteiger partial charge in [-0.3, -0.25) is 9.59 Å². The zero-order valence-electron chi connectivity index (χ0n) is 11.7. The van der Waals surface area contributed by atoms with Crippen molar-refractivity contribution in [3.05, 3.63) is 60.0 Å². The summed E-state index contributed by atoms with van der Waals surface area (Å²) >= 11 is 0. The molecule has 1 aromatic heterocycles.